The van der Waals surface area contributed by atoms with Crippen molar-refractivity contribution in [2.75, 3.05) is 39.8 Å². The molecule has 0 bridgehead atoms. The first-order chi connectivity index (χ1) is 10.0. The van der Waals surface area contributed by atoms with Gasteiger partial charge >= 0.3 is 0 Å². The van der Waals surface area contributed by atoms with Gasteiger partial charge in [-0.25, -0.2) is 0 Å². The van der Waals surface area contributed by atoms with Crippen LogP contribution in [0.2, 0.25) is 0 Å². The van der Waals surface area contributed by atoms with Crippen molar-refractivity contribution in [3.63, 3.8) is 0 Å². The molecule has 1 aliphatic carbocycles. The third-order valence-electron chi connectivity index (χ3n) is 5.48. The normalized spacial score (nSPS) is 29.5. The maximum absolute atomic E-state index is 12.6. The predicted octanol–water partition coefficient (Wildman–Crippen LogP) is 1.00. The van der Waals surface area contributed by atoms with Crippen LogP contribution in [0.3, 0.4) is 0 Å². The molecule has 3 fully saturated rings. The number of likely N-dealkylation sites (tertiary alicyclic amines) is 1. The lowest BCUT2D eigenvalue weighted by Gasteiger charge is -2.47. The number of ether oxygens (including phenoxy) is 1. The highest BCUT2D eigenvalue weighted by Gasteiger charge is 2.44. The lowest BCUT2D eigenvalue weighted by molar-refractivity contribution is -0.166. The first-order valence-electron chi connectivity index (χ1n) is 8.37. The third kappa shape index (κ3) is 3.10. The Hall–Kier alpha value is -0.650. The first-order valence-corrected chi connectivity index (χ1v) is 8.37. The highest BCUT2D eigenvalue weighted by molar-refractivity contribution is 5.85. The molecule has 21 heavy (non-hydrogen) atoms. The van der Waals surface area contributed by atoms with Gasteiger partial charge in [0.25, 0.3) is 5.91 Å². The number of hydrogen-bond acceptors (Lipinski definition) is 4. The molecular formula is C16H28N2O3. The van der Waals surface area contributed by atoms with Crippen molar-refractivity contribution in [2.24, 2.45) is 0 Å². The minimum atomic E-state index is -1.09. The van der Waals surface area contributed by atoms with Crippen LogP contribution in [-0.4, -0.2) is 71.8 Å². The monoisotopic (exact) mass is 296 g/mol. The van der Waals surface area contributed by atoms with Crippen LogP contribution in [0.5, 0.6) is 0 Å². The molecule has 0 radical (unpaired) electrons. The molecule has 2 aliphatic heterocycles. The van der Waals surface area contributed by atoms with Crippen LogP contribution in [0, 0.1) is 0 Å². The average molecular weight is 296 g/mol. The van der Waals surface area contributed by atoms with Crippen LogP contribution in [0.15, 0.2) is 0 Å². The zero-order valence-corrected chi connectivity index (χ0v) is 13.1. The van der Waals surface area contributed by atoms with E-state index in [2.05, 4.69) is 11.9 Å². The number of likely N-dealkylation sites (N-methyl/N-ethyl adjacent to an activating group) is 1. The molecule has 2 heterocycles. The maximum atomic E-state index is 12.6. The van der Waals surface area contributed by atoms with E-state index in [-0.39, 0.29) is 11.5 Å². The summed E-state index contributed by atoms with van der Waals surface area (Å²) in [7, 11) is 2.13. The minimum absolute atomic E-state index is 0.0405. The van der Waals surface area contributed by atoms with Gasteiger partial charge in [-0.05, 0) is 32.7 Å². The van der Waals surface area contributed by atoms with Gasteiger partial charge in [-0.3, -0.25) is 4.79 Å². The summed E-state index contributed by atoms with van der Waals surface area (Å²) in [4.78, 5) is 16.8. The van der Waals surface area contributed by atoms with Gasteiger partial charge in [0.2, 0.25) is 0 Å². The molecule has 0 aromatic rings. The van der Waals surface area contributed by atoms with Gasteiger partial charge in [-0.2, -0.15) is 0 Å². The summed E-state index contributed by atoms with van der Waals surface area (Å²) in [5, 5.41) is 10.6. The highest BCUT2D eigenvalue weighted by Crippen LogP contribution is 2.34. The minimum Gasteiger partial charge on any atom is -0.380 e. The Labute approximate surface area is 127 Å². The number of aliphatic hydroxyl groups is 1. The van der Waals surface area contributed by atoms with E-state index < -0.39 is 5.60 Å². The lowest BCUT2D eigenvalue weighted by atomic mass is 9.82. The van der Waals surface area contributed by atoms with E-state index in [4.69, 9.17) is 4.74 Å². The summed E-state index contributed by atoms with van der Waals surface area (Å²) in [6.07, 6.45) is 6.11. The van der Waals surface area contributed by atoms with E-state index in [9.17, 15) is 9.90 Å². The molecule has 1 N–H and O–H groups in total. The van der Waals surface area contributed by atoms with Gasteiger partial charge in [-0.15, -0.1) is 0 Å². The van der Waals surface area contributed by atoms with Crippen molar-refractivity contribution in [3.05, 3.63) is 0 Å². The smallest absolute Gasteiger partial charge is 0.254 e. The van der Waals surface area contributed by atoms with E-state index in [0.29, 0.717) is 12.8 Å². The Bertz CT molecular complexity index is 385. The summed E-state index contributed by atoms with van der Waals surface area (Å²) in [6, 6.07) is 0. The van der Waals surface area contributed by atoms with E-state index in [1.165, 1.54) is 0 Å². The van der Waals surface area contributed by atoms with Gasteiger partial charge < -0.3 is 19.6 Å². The van der Waals surface area contributed by atoms with Crippen molar-refractivity contribution in [1.82, 2.24) is 9.80 Å². The van der Waals surface area contributed by atoms with Crippen LogP contribution < -0.4 is 0 Å². The molecule has 1 saturated carbocycles. The molecule has 3 aliphatic rings. The van der Waals surface area contributed by atoms with Crippen molar-refractivity contribution in [1.29, 1.82) is 0 Å². The number of carbonyl (C=O) groups excluding carboxylic acids is 1. The Morgan fingerprint density at radius 3 is 2.33 bits per heavy atom. The first kappa shape index (κ1) is 15.3. The van der Waals surface area contributed by atoms with Crippen LogP contribution in [-0.2, 0) is 9.53 Å². The SMILES string of the molecule is CN1CCOC2(CCN(C(=O)C3(O)CCCCC3)CC2)C1. The van der Waals surface area contributed by atoms with Crippen LogP contribution >= 0.6 is 0 Å². The fraction of sp³-hybridized carbons (Fsp3) is 0.938. The summed E-state index contributed by atoms with van der Waals surface area (Å²) in [5.74, 6) is -0.0405. The van der Waals surface area contributed by atoms with E-state index in [1.807, 2.05) is 4.90 Å². The second kappa shape index (κ2) is 5.86. The molecule has 5 heteroatoms. The summed E-state index contributed by atoms with van der Waals surface area (Å²) >= 11 is 0. The van der Waals surface area contributed by atoms with Crippen LogP contribution in [0.25, 0.3) is 0 Å². The van der Waals surface area contributed by atoms with Crippen molar-refractivity contribution >= 4 is 5.91 Å². The van der Waals surface area contributed by atoms with Crippen molar-refractivity contribution < 1.29 is 14.6 Å². The van der Waals surface area contributed by atoms with Crippen LogP contribution in [0.4, 0.5) is 0 Å². The molecule has 120 valence electrons. The van der Waals surface area contributed by atoms with Crippen molar-refractivity contribution in [2.45, 2.75) is 56.1 Å². The topological polar surface area (TPSA) is 53.0 Å². The van der Waals surface area contributed by atoms with Gasteiger partial charge in [0.05, 0.1) is 12.2 Å². The third-order valence-corrected chi connectivity index (χ3v) is 5.48. The molecule has 5 nitrogen and oxygen atoms in total. The second-order valence-electron chi connectivity index (χ2n) is 7.15. The Kier molecular flexibility index (Phi) is 4.26. The van der Waals surface area contributed by atoms with E-state index >= 15 is 0 Å². The molecule has 0 unspecified atom stereocenters. The fourth-order valence-electron chi connectivity index (χ4n) is 4.10. The molecule has 1 amide bonds. The molecule has 0 atom stereocenters. The summed E-state index contributed by atoms with van der Waals surface area (Å²) in [6.45, 7) is 4.17. The zero-order valence-electron chi connectivity index (χ0n) is 13.1. The van der Waals surface area contributed by atoms with Gasteiger partial charge in [0.1, 0.15) is 5.60 Å². The Balaban J connectivity index is 1.59. The number of morpholine rings is 1. The zero-order chi connectivity index (χ0) is 14.9. The molecule has 0 aromatic carbocycles. The molecule has 1 spiro atoms. The summed E-state index contributed by atoms with van der Waals surface area (Å²) < 4.78 is 6.03. The number of amides is 1. The predicted molar refractivity (Wildman–Crippen MR) is 80.0 cm³/mol. The lowest BCUT2D eigenvalue weighted by Crippen LogP contribution is -2.59. The van der Waals surface area contributed by atoms with Gasteiger partial charge in [0.15, 0.2) is 0 Å². The Morgan fingerprint density at radius 2 is 1.71 bits per heavy atom. The summed E-state index contributed by atoms with van der Waals surface area (Å²) in [5.41, 5.74) is -1.16. The number of piperidine rings is 1. The molecule has 2 saturated heterocycles. The van der Waals surface area contributed by atoms with Crippen LogP contribution in [0.1, 0.15) is 44.9 Å². The average Bonchev–Trinajstić information content (AvgIpc) is 2.48. The number of nitrogens with zero attached hydrogens (tertiary/aromatic N) is 2. The largest absolute Gasteiger partial charge is 0.380 e. The molecule has 0 aromatic heterocycles. The standard InChI is InChI=1S/C16H28N2O3/c1-17-11-12-21-15(13-17)7-9-18(10-8-15)14(19)16(20)5-3-2-4-6-16/h20H,2-13H2,1H3. The van der Waals surface area contributed by atoms with E-state index in [1.54, 1.807) is 0 Å². The van der Waals surface area contributed by atoms with Gasteiger partial charge in [0, 0.05) is 26.2 Å². The van der Waals surface area contributed by atoms with E-state index in [0.717, 1.165) is 64.9 Å². The van der Waals surface area contributed by atoms with Crippen molar-refractivity contribution in [3.8, 4) is 0 Å². The number of carbonyl (C=O) groups is 1. The number of rotatable bonds is 1. The fourth-order valence-corrected chi connectivity index (χ4v) is 4.10. The van der Waals surface area contributed by atoms with Gasteiger partial charge in [-0.1, -0.05) is 19.3 Å². The highest BCUT2D eigenvalue weighted by atomic mass is 16.5. The number of hydrogen-bond donors (Lipinski definition) is 1. The Morgan fingerprint density at radius 1 is 1.05 bits per heavy atom. The quantitative estimate of drug-likeness (QED) is 0.784. The molecular weight excluding hydrogens is 268 g/mol. The maximum Gasteiger partial charge on any atom is 0.254 e. The second-order valence-corrected chi connectivity index (χ2v) is 7.15. The molecule has 3 rings (SSSR count).